The minimum absolute atomic E-state index is 0.300. The molecule has 0 aliphatic carbocycles. The van der Waals surface area contributed by atoms with Crippen LogP contribution in [0.2, 0.25) is 0 Å². The van der Waals surface area contributed by atoms with Crippen LogP contribution in [0, 0.1) is 0 Å². The third kappa shape index (κ3) is 3.38. The summed E-state index contributed by atoms with van der Waals surface area (Å²) in [6.45, 7) is 3.85. The maximum absolute atomic E-state index is 4.50. The lowest BCUT2D eigenvalue weighted by Gasteiger charge is -2.29. The summed E-state index contributed by atoms with van der Waals surface area (Å²) >= 11 is 1.82. The number of nitrogens with zero attached hydrogens (tertiary/aromatic N) is 4. The number of hydrogen-bond acceptors (Lipinski definition) is 5. The van der Waals surface area contributed by atoms with Crippen molar-refractivity contribution in [1.82, 2.24) is 19.8 Å². The van der Waals surface area contributed by atoms with Gasteiger partial charge in [-0.3, -0.25) is 19.8 Å². The summed E-state index contributed by atoms with van der Waals surface area (Å²) < 4.78 is 0. The molecule has 1 aliphatic rings. The summed E-state index contributed by atoms with van der Waals surface area (Å²) in [5.41, 5.74) is 2.25. The van der Waals surface area contributed by atoms with Crippen molar-refractivity contribution < 1.29 is 0 Å². The second-order valence-corrected chi connectivity index (χ2v) is 6.95. The molecule has 0 spiro atoms. The highest BCUT2D eigenvalue weighted by atomic mass is 32.1. The smallest absolute Gasteiger partial charge is 0.0988 e. The molecule has 1 aliphatic heterocycles. The summed E-state index contributed by atoms with van der Waals surface area (Å²) in [5, 5.41) is 2.16. The number of rotatable bonds is 5. The number of pyridine rings is 2. The van der Waals surface area contributed by atoms with Crippen molar-refractivity contribution in [3.63, 3.8) is 0 Å². The molecule has 0 unspecified atom stereocenters. The van der Waals surface area contributed by atoms with Gasteiger partial charge >= 0.3 is 0 Å². The van der Waals surface area contributed by atoms with Gasteiger partial charge in [-0.15, -0.1) is 11.3 Å². The van der Waals surface area contributed by atoms with Gasteiger partial charge in [-0.25, -0.2) is 0 Å². The molecule has 3 aromatic rings. The molecule has 4 nitrogen and oxygen atoms in total. The molecular formula is C19H20N4S. The number of aromatic nitrogens is 2. The second-order valence-electron chi connectivity index (χ2n) is 5.97. The van der Waals surface area contributed by atoms with E-state index < -0.39 is 0 Å². The molecule has 4 heterocycles. The molecule has 0 atom stereocenters. The molecule has 5 heteroatoms. The molecule has 24 heavy (non-hydrogen) atoms. The predicted octanol–water partition coefficient (Wildman–Crippen LogP) is 3.55. The van der Waals surface area contributed by atoms with Gasteiger partial charge < -0.3 is 0 Å². The minimum atomic E-state index is 0.300. The van der Waals surface area contributed by atoms with E-state index in [4.69, 9.17) is 0 Å². The van der Waals surface area contributed by atoms with Gasteiger partial charge in [0.25, 0.3) is 0 Å². The highest BCUT2D eigenvalue weighted by Gasteiger charge is 2.34. The Balaban J connectivity index is 1.56. The molecule has 0 bridgehead atoms. The fraction of sp³-hybridized carbons (Fsp3) is 0.263. The van der Waals surface area contributed by atoms with E-state index in [-0.39, 0.29) is 0 Å². The van der Waals surface area contributed by atoms with Crippen molar-refractivity contribution in [3.05, 3.63) is 82.6 Å². The van der Waals surface area contributed by atoms with Gasteiger partial charge in [0, 0.05) is 43.4 Å². The summed E-state index contributed by atoms with van der Waals surface area (Å²) in [5.74, 6) is 0. The van der Waals surface area contributed by atoms with Gasteiger partial charge in [-0.1, -0.05) is 18.2 Å². The van der Waals surface area contributed by atoms with Gasteiger partial charge in [0.15, 0.2) is 0 Å². The van der Waals surface area contributed by atoms with Crippen LogP contribution in [0.15, 0.2) is 66.3 Å². The topological polar surface area (TPSA) is 32.3 Å². The average Bonchev–Trinajstić information content (AvgIpc) is 3.27. The quantitative estimate of drug-likeness (QED) is 0.713. The van der Waals surface area contributed by atoms with Gasteiger partial charge in [0.05, 0.1) is 17.6 Å². The first-order chi connectivity index (χ1) is 11.9. The van der Waals surface area contributed by atoms with E-state index in [0.29, 0.717) is 6.17 Å². The molecule has 0 radical (unpaired) electrons. The van der Waals surface area contributed by atoms with Crippen molar-refractivity contribution in [2.75, 3.05) is 13.1 Å². The van der Waals surface area contributed by atoms with E-state index in [1.54, 1.807) is 0 Å². The first kappa shape index (κ1) is 15.4. The number of hydrogen-bond donors (Lipinski definition) is 0. The zero-order chi connectivity index (χ0) is 16.2. The van der Waals surface area contributed by atoms with E-state index in [1.807, 2.05) is 35.9 Å². The van der Waals surface area contributed by atoms with Crippen LogP contribution in [0.3, 0.4) is 0 Å². The Bertz CT molecular complexity index is 696. The zero-order valence-corrected chi connectivity index (χ0v) is 14.3. The fourth-order valence-electron chi connectivity index (χ4n) is 3.26. The number of thiophene rings is 1. The molecular weight excluding hydrogens is 316 g/mol. The Hall–Kier alpha value is -2.08. The van der Waals surface area contributed by atoms with E-state index in [0.717, 1.165) is 37.6 Å². The lowest BCUT2D eigenvalue weighted by Crippen LogP contribution is -2.30. The van der Waals surface area contributed by atoms with E-state index in [1.165, 1.54) is 4.88 Å². The van der Waals surface area contributed by atoms with Gasteiger partial charge in [-0.05, 0) is 35.7 Å². The first-order valence-corrected chi connectivity index (χ1v) is 9.09. The Morgan fingerprint density at radius 1 is 0.833 bits per heavy atom. The summed E-state index contributed by atoms with van der Waals surface area (Å²) in [7, 11) is 0. The average molecular weight is 336 g/mol. The van der Waals surface area contributed by atoms with Crippen LogP contribution in [0.5, 0.6) is 0 Å². The van der Waals surface area contributed by atoms with Crippen molar-refractivity contribution in [3.8, 4) is 0 Å². The molecule has 1 fully saturated rings. The lowest BCUT2D eigenvalue weighted by atomic mass is 10.2. The molecule has 0 N–H and O–H groups in total. The molecule has 3 aromatic heterocycles. The normalized spacial score (nSPS) is 16.7. The van der Waals surface area contributed by atoms with Crippen LogP contribution in [0.25, 0.3) is 0 Å². The zero-order valence-electron chi connectivity index (χ0n) is 13.5. The minimum Gasteiger partial charge on any atom is -0.276 e. The summed E-state index contributed by atoms with van der Waals surface area (Å²) in [6, 6.07) is 16.6. The van der Waals surface area contributed by atoms with Crippen molar-refractivity contribution in [1.29, 1.82) is 0 Å². The largest absolute Gasteiger partial charge is 0.276 e. The fourth-order valence-corrected chi connectivity index (χ4v) is 4.15. The Kier molecular flexibility index (Phi) is 4.64. The highest BCUT2D eigenvalue weighted by molar-refractivity contribution is 7.10. The molecule has 0 amide bonds. The highest BCUT2D eigenvalue weighted by Crippen LogP contribution is 2.34. The lowest BCUT2D eigenvalue weighted by molar-refractivity contribution is 0.127. The third-order valence-electron chi connectivity index (χ3n) is 4.35. The standard InChI is InChI=1S/C19H20N4S/c1-3-9-20-16(6-1)14-22-11-12-23(15-17-7-2-4-10-21-17)19(22)18-8-5-13-24-18/h1-10,13,19H,11-12,14-15H2. The van der Waals surface area contributed by atoms with Gasteiger partial charge in [0.2, 0.25) is 0 Å². The van der Waals surface area contributed by atoms with Crippen LogP contribution in [-0.4, -0.2) is 32.9 Å². The molecule has 0 saturated carbocycles. The van der Waals surface area contributed by atoms with Crippen molar-refractivity contribution in [2.24, 2.45) is 0 Å². The van der Waals surface area contributed by atoms with E-state index in [2.05, 4.69) is 61.5 Å². The third-order valence-corrected chi connectivity index (χ3v) is 5.26. The van der Waals surface area contributed by atoms with Crippen molar-refractivity contribution >= 4 is 11.3 Å². The van der Waals surface area contributed by atoms with Gasteiger partial charge in [0.1, 0.15) is 0 Å². The maximum atomic E-state index is 4.50. The van der Waals surface area contributed by atoms with Crippen LogP contribution in [-0.2, 0) is 13.1 Å². The molecule has 122 valence electrons. The second kappa shape index (κ2) is 7.21. The Labute approximate surface area is 146 Å². The van der Waals surface area contributed by atoms with E-state index >= 15 is 0 Å². The van der Waals surface area contributed by atoms with Crippen molar-refractivity contribution in [2.45, 2.75) is 19.3 Å². The molecule has 4 rings (SSSR count). The van der Waals surface area contributed by atoms with Crippen LogP contribution in [0.4, 0.5) is 0 Å². The maximum Gasteiger partial charge on any atom is 0.0988 e. The van der Waals surface area contributed by atoms with Crippen LogP contribution >= 0.6 is 11.3 Å². The van der Waals surface area contributed by atoms with E-state index in [9.17, 15) is 0 Å². The SMILES string of the molecule is c1ccc(CN2CCN(Cc3ccccn3)C2c2cccs2)nc1. The predicted molar refractivity (Wildman–Crippen MR) is 96.4 cm³/mol. The van der Waals surface area contributed by atoms with Gasteiger partial charge in [-0.2, -0.15) is 0 Å². The molecule has 0 aromatic carbocycles. The van der Waals surface area contributed by atoms with Crippen LogP contribution < -0.4 is 0 Å². The summed E-state index contributed by atoms with van der Waals surface area (Å²) in [4.78, 5) is 15.4. The Morgan fingerprint density at radius 2 is 1.46 bits per heavy atom. The molecule has 1 saturated heterocycles. The Morgan fingerprint density at radius 3 is 1.92 bits per heavy atom. The first-order valence-electron chi connectivity index (χ1n) is 8.21. The monoisotopic (exact) mass is 336 g/mol. The van der Waals surface area contributed by atoms with Crippen LogP contribution in [0.1, 0.15) is 22.4 Å². The summed E-state index contributed by atoms with van der Waals surface area (Å²) in [6.07, 6.45) is 4.04.